The molecule has 0 bridgehead atoms. The summed E-state index contributed by atoms with van der Waals surface area (Å²) in [5, 5.41) is 3.18. The van der Waals surface area contributed by atoms with Gasteiger partial charge in [-0.2, -0.15) is 4.31 Å². The number of hydrogen-bond donors (Lipinski definition) is 1. The number of rotatable bonds is 7. The highest BCUT2D eigenvalue weighted by atomic mass is 35.5. The molecule has 30 heavy (non-hydrogen) atoms. The predicted octanol–water partition coefficient (Wildman–Crippen LogP) is 3.90. The summed E-state index contributed by atoms with van der Waals surface area (Å²) < 4.78 is 27.6. The van der Waals surface area contributed by atoms with Gasteiger partial charge in [0.25, 0.3) is 5.91 Å². The molecule has 6 nitrogen and oxygen atoms in total. The molecular weight excluding hydrogens is 422 g/mol. The van der Waals surface area contributed by atoms with Crippen molar-refractivity contribution in [1.29, 1.82) is 0 Å². The molecule has 0 radical (unpaired) electrons. The van der Waals surface area contributed by atoms with Crippen molar-refractivity contribution in [2.45, 2.75) is 62.7 Å². The summed E-state index contributed by atoms with van der Waals surface area (Å²) in [5.41, 5.74) is 0.224. The number of likely N-dealkylation sites (tertiary alicyclic amines) is 1. The van der Waals surface area contributed by atoms with E-state index in [4.69, 9.17) is 11.6 Å². The van der Waals surface area contributed by atoms with E-state index < -0.39 is 10.0 Å². The molecule has 2 heterocycles. The average Bonchev–Trinajstić information content (AvgIpc) is 3.17. The predicted molar refractivity (Wildman–Crippen MR) is 121 cm³/mol. The molecule has 0 spiro atoms. The molecule has 2 aliphatic heterocycles. The number of nitrogens with zero attached hydrogens (tertiary/aromatic N) is 2. The van der Waals surface area contributed by atoms with Crippen LogP contribution in [0.1, 0.15) is 68.1 Å². The topological polar surface area (TPSA) is 69.7 Å². The molecule has 1 amide bonds. The Kier molecular flexibility index (Phi) is 8.98. The van der Waals surface area contributed by atoms with E-state index in [2.05, 4.69) is 10.2 Å². The van der Waals surface area contributed by atoms with Crippen LogP contribution in [0.4, 0.5) is 0 Å². The monoisotopic (exact) mass is 455 g/mol. The van der Waals surface area contributed by atoms with Crippen molar-refractivity contribution in [2.24, 2.45) is 0 Å². The Bertz CT molecular complexity index is 800. The zero-order chi connectivity index (χ0) is 21.4. The number of carbonyl (C=O) groups excluding carboxylic acids is 1. The molecule has 0 saturated carbocycles. The zero-order valence-corrected chi connectivity index (χ0v) is 19.3. The van der Waals surface area contributed by atoms with Gasteiger partial charge < -0.3 is 10.2 Å². The van der Waals surface area contributed by atoms with Crippen molar-refractivity contribution in [3.05, 3.63) is 28.8 Å². The molecule has 1 aromatic carbocycles. The normalized spacial score (nSPS) is 19.8. The summed E-state index contributed by atoms with van der Waals surface area (Å²) in [5.74, 6) is -0.316. The maximum Gasteiger partial charge on any atom is 0.252 e. The first-order valence-corrected chi connectivity index (χ1v) is 13.1. The largest absolute Gasteiger partial charge is 0.352 e. The molecule has 0 aromatic heterocycles. The highest BCUT2D eigenvalue weighted by Gasteiger charge is 2.26. The summed E-state index contributed by atoms with van der Waals surface area (Å²) in [6.07, 6.45) is 9.84. The molecular formula is C22H34ClN3O3S. The van der Waals surface area contributed by atoms with E-state index >= 15 is 0 Å². The molecule has 0 aliphatic carbocycles. The van der Waals surface area contributed by atoms with Crippen LogP contribution in [0.3, 0.4) is 0 Å². The average molecular weight is 456 g/mol. The molecule has 168 valence electrons. The molecule has 1 N–H and O–H groups in total. The summed E-state index contributed by atoms with van der Waals surface area (Å²) in [6.45, 7) is 4.85. The lowest BCUT2D eigenvalue weighted by atomic mass is 10.2. The number of hydrogen-bond acceptors (Lipinski definition) is 4. The molecule has 8 heteroatoms. The summed E-state index contributed by atoms with van der Waals surface area (Å²) >= 11 is 6.23. The standard InChI is InChI=1S/C22H34ClN3O3S/c23-21-11-10-19(30(28,29)26-16-7-3-4-8-17-26)18-20(21)22(27)24-12-9-15-25-13-5-1-2-6-14-25/h10-11,18H,1-9,12-17H2,(H,24,27). The first kappa shape index (κ1) is 23.5. The molecule has 0 atom stereocenters. The Labute approximate surface area is 186 Å². The number of carbonyl (C=O) groups is 1. The third kappa shape index (κ3) is 6.42. The van der Waals surface area contributed by atoms with E-state index in [0.717, 1.165) is 51.7 Å². The second-order valence-electron chi connectivity index (χ2n) is 8.33. The molecule has 0 unspecified atom stereocenters. The van der Waals surface area contributed by atoms with Gasteiger partial charge in [0.1, 0.15) is 0 Å². The molecule has 1 aromatic rings. The molecule has 2 saturated heterocycles. The van der Waals surface area contributed by atoms with Crippen molar-refractivity contribution in [1.82, 2.24) is 14.5 Å². The van der Waals surface area contributed by atoms with Gasteiger partial charge in [0.2, 0.25) is 10.0 Å². The van der Waals surface area contributed by atoms with Crippen LogP contribution in [0.5, 0.6) is 0 Å². The minimum atomic E-state index is -3.61. The maximum atomic E-state index is 13.0. The second kappa shape index (κ2) is 11.5. The van der Waals surface area contributed by atoms with Gasteiger partial charge in [0.15, 0.2) is 0 Å². The Morgan fingerprint density at radius 1 is 0.933 bits per heavy atom. The lowest BCUT2D eigenvalue weighted by Crippen LogP contribution is -2.32. The van der Waals surface area contributed by atoms with E-state index in [9.17, 15) is 13.2 Å². The van der Waals surface area contributed by atoms with Gasteiger partial charge in [-0.15, -0.1) is 0 Å². The fourth-order valence-corrected chi connectivity index (χ4v) is 5.98. The Hall–Kier alpha value is -1.15. The Morgan fingerprint density at radius 3 is 2.17 bits per heavy atom. The van der Waals surface area contributed by atoms with Crippen LogP contribution >= 0.6 is 11.6 Å². The van der Waals surface area contributed by atoms with Crippen LogP contribution in [0.25, 0.3) is 0 Å². The van der Waals surface area contributed by atoms with Crippen LogP contribution in [0, 0.1) is 0 Å². The van der Waals surface area contributed by atoms with Gasteiger partial charge in [-0.1, -0.05) is 37.3 Å². The van der Waals surface area contributed by atoms with Crippen molar-refractivity contribution in [3.63, 3.8) is 0 Å². The van der Waals surface area contributed by atoms with E-state index in [1.165, 1.54) is 48.2 Å². The van der Waals surface area contributed by atoms with Crippen LogP contribution in [0.15, 0.2) is 23.1 Å². The fraction of sp³-hybridized carbons (Fsp3) is 0.682. The third-order valence-corrected chi connectivity index (χ3v) is 8.24. The summed E-state index contributed by atoms with van der Waals surface area (Å²) in [7, 11) is -3.61. The van der Waals surface area contributed by atoms with Crippen LogP contribution in [0.2, 0.25) is 5.02 Å². The minimum Gasteiger partial charge on any atom is -0.352 e. The second-order valence-corrected chi connectivity index (χ2v) is 10.7. The fourth-order valence-electron chi connectivity index (χ4n) is 4.23. The van der Waals surface area contributed by atoms with E-state index in [-0.39, 0.29) is 21.4 Å². The number of sulfonamides is 1. The van der Waals surface area contributed by atoms with Crippen molar-refractivity contribution >= 4 is 27.5 Å². The lowest BCUT2D eigenvalue weighted by molar-refractivity contribution is 0.0951. The van der Waals surface area contributed by atoms with E-state index in [0.29, 0.717) is 19.6 Å². The number of benzene rings is 1. The quantitative estimate of drug-likeness (QED) is 0.633. The number of amides is 1. The van der Waals surface area contributed by atoms with Gasteiger partial charge in [-0.05, 0) is 69.9 Å². The smallest absolute Gasteiger partial charge is 0.252 e. The molecule has 2 fully saturated rings. The van der Waals surface area contributed by atoms with Crippen molar-refractivity contribution in [2.75, 3.05) is 39.3 Å². The van der Waals surface area contributed by atoms with E-state index in [1.807, 2.05) is 0 Å². The van der Waals surface area contributed by atoms with Crippen LogP contribution in [-0.2, 0) is 10.0 Å². The van der Waals surface area contributed by atoms with Gasteiger partial charge in [0.05, 0.1) is 15.5 Å². The maximum absolute atomic E-state index is 13.0. The summed E-state index contributed by atoms with van der Waals surface area (Å²) in [6, 6.07) is 4.43. The minimum absolute atomic E-state index is 0.142. The van der Waals surface area contributed by atoms with Crippen molar-refractivity contribution < 1.29 is 13.2 Å². The van der Waals surface area contributed by atoms with E-state index in [1.54, 1.807) is 0 Å². The van der Waals surface area contributed by atoms with Gasteiger partial charge >= 0.3 is 0 Å². The number of halogens is 1. The van der Waals surface area contributed by atoms with Gasteiger partial charge in [-0.3, -0.25) is 4.79 Å². The highest BCUT2D eigenvalue weighted by Crippen LogP contribution is 2.25. The van der Waals surface area contributed by atoms with Gasteiger partial charge in [0, 0.05) is 19.6 Å². The highest BCUT2D eigenvalue weighted by molar-refractivity contribution is 7.89. The summed E-state index contributed by atoms with van der Waals surface area (Å²) in [4.78, 5) is 15.3. The third-order valence-electron chi connectivity index (χ3n) is 6.02. The zero-order valence-electron chi connectivity index (χ0n) is 17.7. The first-order chi connectivity index (χ1) is 14.5. The Morgan fingerprint density at radius 2 is 1.53 bits per heavy atom. The van der Waals surface area contributed by atoms with Crippen LogP contribution in [-0.4, -0.2) is 62.8 Å². The Balaban J connectivity index is 1.59. The molecule has 3 rings (SSSR count). The van der Waals surface area contributed by atoms with Crippen molar-refractivity contribution in [3.8, 4) is 0 Å². The van der Waals surface area contributed by atoms with Gasteiger partial charge in [-0.25, -0.2) is 8.42 Å². The first-order valence-electron chi connectivity index (χ1n) is 11.3. The SMILES string of the molecule is O=C(NCCCN1CCCCCC1)c1cc(S(=O)(=O)N2CCCCCC2)ccc1Cl. The number of nitrogens with one attached hydrogen (secondary N) is 1. The molecule has 2 aliphatic rings. The van der Waals surface area contributed by atoms with Crippen LogP contribution < -0.4 is 5.32 Å². The lowest BCUT2D eigenvalue weighted by Gasteiger charge is -2.21.